The van der Waals surface area contributed by atoms with Crippen LogP contribution in [0.4, 0.5) is 5.69 Å². The van der Waals surface area contributed by atoms with E-state index in [0.717, 1.165) is 34.0 Å². The van der Waals surface area contributed by atoms with Crippen LogP contribution in [0.15, 0.2) is 72.8 Å². The number of anilines is 1. The first-order chi connectivity index (χ1) is 16.1. The predicted octanol–water partition coefficient (Wildman–Crippen LogP) is 4.95. The normalized spacial score (nSPS) is 15.9. The Morgan fingerprint density at radius 1 is 1.00 bits per heavy atom. The van der Waals surface area contributed by atoms with Crippen LogP contribution in [0.5, 0.6) is 11.5 Å². The van der Waals surface area contributed by atoms with Gasteiger partial charge < -0.3 is 18.9 Å². The van der Waals surface area contributed by atoms with Crippen molar-refractivity contribution in [3.05, 3.63) is 84.2 Å². The van der Waals surface area contributed by atoms with E-state index >= 15 is 0 Å². The maximum Gasteiger partial charge on any atom is 0.227 e. The molecular formula is C27H27N3O3. The number of carbonyl (C=O) groups is 1. The molecule has 0 spiro atoms. The van der Waals surface area contributed by atoms with Gasteiger partial charge in [0.2, 0.25) is 5.91 Å². The van der Waals surface area contributed by atoms with E-state index in [4.69, 9.17) is 14.5 Å². The lowest BCUT2D eigenvalue weighted by Gasteiger charge is -2.18. The van der Waals surface area contributed by atoms with Crippen molar-refractivity contribution in [1.29, 1.82) is 0 Å². The van der Waals surface area contributed by atoms with E-state index in [-0.39, 0.29) is 11.8 Å². The minimum Gasteiger partial charge on any atom is -0.497 e. The average molecular weight is 442 g/mol. The Balaban J connectivity index is 1.38. The van der Waals surface area contributed by atoms with Crippen molar-refractivity contribution in [2.24, 2.45) is 0 Å². The molecule has 0 saturated carbocycles. The Morgan fingerprint density at radius 3 is 2.61 bits per heavy atom. The summed E-state index contributed by atoms with van der Waals surface area (Å²) in [5.41, 5.74) is 4.12. The Morgan fingerprint density at radius 2 is 1.79 bits per heavy atom. The van der Waals surface area contributed by atoms with Crippen LogP contribution in [0.25, 0.3) is 11.0 Å². The number of ether oxygens (including phenoxy) is 2. The lowest BCUT2D eigenvalue weighted by atomic mass is 10.1. The van der Waals surface area contributed by atoms with Gasteiger partial charge in [0.15, 0.2) is 0 Å². The first kappa shape index (κ1) is 21.1. The number of aryl methyl sites for hydroxylation is 1. The van der Waals surface area contributed by atoms with Crippen LogP contribution < -0.4 is 14.4 Å². The van der Waals surface area contributed by atoms with Crippen molar-refractivity contribution in [3.8, 4) is 11.5 Å². The fourth-order valence-corrected chi connectivity index (χ4v) is 4.44. The lowest BCUT2D eigenvalue weighted by molar-refractivity contribution is -0.117. The lowest BCUT2D eigenvalue weighted by Crippen LogP contribution is -2.24. The molecule has 2 heterocycles. The number of hydrogen-bond donors (Lipinski definition) is 0. The molecule has 1 saturated heterocycles. The molecule has 6 nitrogen and oxygen atoms in total. The number of para-hydroxylation sites is 2. The van der Waals surface area contributed by atoms with E-state index in [0.29, 0.717) is 26.1 Å². The monoisotopic (exact) mass is 441 g/mol. The molecule has 6 heteroatoms. The number of carbonyl (C=O) groups excluding carboxylic acids is 1. The van der Waals surface area contributed by atoms with Gasteiger partial charge in [0, 0.05) is 30.6 Å². The Bertz CT molecular complexity index is 1280. The van der Waals surface area contributed by atoms with Gasteiger partial charge in [-0.3, -0.25) is 4.79 Å². The Kier molecular flexibility index (Phi) is 5.73. The number of amides is 1. The molecule has 168 valence electrons. The summed E-state index contributed by atoms with van der Waals surface area (Å²) in [6.45, 7) is 3.81. The van der Waals surface area contributed by atoms with Crippen LogP contribution >= 0.6 is 0 Å². The average Bonchev–Trinajstić information content (AvgIpc) is 3.40. The molecule has 1 aliphatic rings. The molecule has 0 aliphatic carbocycles. The van der Waals surface area contributed by atoms with E-state index in [1.165, 1.54) is 5.56 Å². The fourth-order valence-electron chi connectivity index (χ4n) is 4.44. The van der Waals surface area contributed by atoms with E-state index in [2.05, 4.69) is 10.6 Å². The largest absolute Gasteiger partial charge is 0.497 e. The van der Waals surface area contributed by atoms with Gasteiger partial charge in [-0.15, -0.1) is 0 Å². The SMILES string of the molecule is COc1cccc(OCCn2c(C3CC(=O)N(c4ccc(C)cc4)C3)nc3ccccc32)c1. The minimum absolute atomic E-state index is 0.0306. The van der Waals surface area contributed by atoms with Crippen LogP contribution in [0, 0.1) is 6.92 Å². The summed E-state index contributed by atoms with van der Waals surface area (Å²) in [6, 6.07) is 23.8. The highest BCUT2D eigenvalue weighted by molar-refractivity contribution is 5.96. The fraction of sp³-hybridized carbons (Fsp3) is 0.259. The third-order valence-corrected chi connectivity index (χ3v) is 6.14. The molecule has 0 bridgehead atoms. The quantitative estimate of drug-likeness (QED) is 0.407. The van der Waals surface area contributed by atoms with Crippen LogP contribution in [0.2, 0.25) is 0 Å². The molecule has 3 aromatic carbocycles. The molecule has 33 heavy (non-hydrogen) atoms. The van der Waals surface area contributed by atoms with Gasteiger partial charge in [0.1, 0.15) is 23.9 Å². The van der Waals surface area contributed by atoms with E-state index < -0.39 is 0 Å². The standard InChI is InChI=1S/C27H27N3O3/c1-19-10-12-21(13-11-19)30-18-20(16-26(30)31)27-28-24-8-3-4-9-25(24)29(27)14-15-33-23-7-5-6-22(17-23)32-2/h3-13,17,20H,14-16,18H2,1-2H3. The number of benzene rings is 3. The third kappa shape index (κ3) is 4.29. The predicted molar refractivity (Wildman–Crippen MR) is 129 cm³/mol. The van der Waals surface area contributed by atoms with Gasteiger partial charge in [-0.1, -0.05) is 35.9 Å². The summed E-state index contributed by atoms with van der Waals surface area (Å²) < 4.78 is 13.5. The van der Waals surface area contributed by atoms with Crippen molar-refractivity contribution in [2.45, 2.75) is 25.8 Å². The van der Waals surface area contributed by atoms with Crippen LogP contribution in [-0.2, 0) is 11.3 Å². The number of imidazole rings is 1. The highest BCUT2D eigenvalue weighted by Gasteiger charge is 2.34. The molecule has 1 aromatic heterocycles. The zero-order valence-corrected chi connectivity index (χ0v) is 18.9. The zero-order valence-electron chi connectivity index (χ0n) is 18.9. The molecule has 1 fully saturated rings. The van der Waals surface area contributed by atoms with Gasteiger partial charge in [-0.05, 0) is 43.3 Å². The number of methoxy groups -OCH3 is 1. The molecule has 1 aliphatic heterocycles. The van der Waals surface area contributed by atoms with Crippen LogP contribution in [0.3, 0.4) is 0 Å². The number of hydrogen-bond acceptors (Lipinski definition) is 4. The van der Waals surface area contributed by atoms with Gasteiger partial charge in [0.05, 0.1) is 24.7 Å². The first-order valence-corrected chi connectivity index (χ1v) is 11.2. The number of aromatic nitrogens is 2. The molecule has 1 unspecified atom stereocenters. The Hall–Kier alpha value is -3.80. The number of fused-ring (bicyclic) bond motifs is 1. The van der Waals surface area contributed by atoms with Crippen molar-refractivity contribution in [2.75, 3.05) is 25.2 Å². The van der Waals surface area contributed by atoms with Crippen molar-refractivity contribution < 1.29 is 14.3 Å². The maximum atomic E-state index is 12.9. The Labute approximate surface area is 193 Å². The summed E-state index contributed by atoms with van der Waals surface area (Å²) in [4.78, 5) is 19.7. The van der Waals surface area contributed by atoms with E-state index in [1.54, 1.807) is 7.11 Å². The topological polar surface area (TPSA) is 56.6 Å². The highest BCUT2D eigenvalue weighted by atomic mass is 16.5. The molecule has 4 aromatic rings. The second kappa shape index (κ2) is 8.98. The van der Waals surface area contributed by atoms with Gasteiger partial charge >= 0.3 is 0 Å². The molecule has 1 atom stereocenters. The second-order valence-corrected chi connectivity index (χ2v) is 8.38. The molecule has 0 N–H and O–H groups in total. The molecule has 0 radical (unpaired) electrons. The van der Waals surface area contributed by atoms with Gasteiger partial charge in [-0.25, -0.2) is 4.98 Å². The third-order valence-electron chi connectivity index (χ3n) is 6.14. The van der Waals surface area contributed by atoms with Crippen molar-refractivity contribution >= 4 is 22.6 Å². The van der Waals surface area contributed by atoms with Gasteiger partial charge in [0.25, 0.3) is 0 Å². The highest BCUT2D eigenvalue weighted by Crippen LogP contribution is 2.33. The number of rotatable bonds is 7. The summed E-state index contributed by atoms with van der Waals surface area (Å²) >= 11 is 0. The maximum absolute atomic E-state index is 12.9. The van der Waals surface area contributed by atoms with E-state index in [1.807, 2.05) is 78.6 Å². The summed E-state index contributed by atoms with van der Waals surface area (Å²) in [7, 11) is 1.64. The second-order valence-electron chi connectivity index (χ2n) is 8.38. The van der Waals surface area contributed by atoms with Crippen LogP contribution in [0.1, 0.15) is 23.7 Å². The summed E-state index contributed by atoms with van der Waals surface area (Å²) in [5, 5.41) is 0. The number of nitrogens with zero attached hydrogens (tertiary/aromatic N) is 3. The van der Waals surface area contributed by atoms with Crippen molar-refractivity contribution in [3.63, 3.8) is 0 Å². The van der Waals surface area contributed by atoms with Gasteiger partial charge in [-0.2, -0.15) is 0 Å². The summed E-state index contributed by atoms with van der Waals surface area (Å²) in [6.07, 6.45) is 0.452. The van der Waals surface area contributed by atoms with E-state index in [9.17, 15) is 4.79 Å². The first-order valence-electron chi connectivity index (χ1n) is 11.2. The molecule has 1 amide bonds. The summed E-state index contributed by atoms with van der Waals surface area (Å²) in [5.74, 6) is 2.63. The van der Waals surface area contributed by atoms with Crippen LogP contribution in [-0.4, -0.2) is 35.7 Å². The minimum atomic E-state index is 0.0306. The molecular weight excluding hydrogens is 414 g/mol. The zero-order chi connectivity index (χ0) is 22.8. The molecule has 5 rings (SSSR count). The smallest absolute Gasteiger partial charge is 0.227 e. The van der Waals surface area contributed by atoms with Crippen molar-refractivity contribution in [1.82, 2.24) is 9.55 Å².